The second-order valence-corrected chi connectivity index (χ2v) is 3.95. The van der Waals surface area contributed by atoms with Crippen LogP contribution < -0.4 is 0 Å². The van der Waals surface area contributed by atoms with E-state index in [9.17, 15) is 28.6 Å². The SMILES string of the molecule is COC(=O)CC(O)C(O)c1cc(C(=O)O)c(F)cc1F. The van der Waals surface area contributed by atoms with Crippen LogP contribution in [0.4, 0.5) is 8.78 Å². The molecule has 20 heavy (non-hydrogen) atoms. The van der Waals surface area contributed by atoms with Crippen molar-refractivity contribution in [1.82, 2.24) is 0 Å². The Hall–Kier alpha value is -2.06. The van der Waals surface area contributed by atoms with Gasteiger partial charge < -0.3 is 20.1 Å². The first kappa shape index (κ1) is 16.0. The van der Waals surface area contributed by atoms with Crippen molar-refractivity contribution in [2.45, 2.75) is 18.6 Å². The highest BCUT2D eigenvalue weighted by molar-refractivity contribution is 5.88. The van der Waals surface area contributed by atoms with E-state index < -0.39 is 53.3 Å². The van der Waals surface area contributed by atoms with Crippen LogP contribution in [0.15, 0.2) is 12.1 Å². The van der Waals surface area contributed by atoms with Gasteiger partial charge >= 0.3 is 11.9 Å². The number of hydrogen-bond donors (Lipinski definition) is 3. The van der Waals surface area contributed by atoms with E-state index in [1.165, 1.54) is 0 Å². The minimum Gasteiger partial charge on any atom is -0.478 e. The fourth-order valence-corrected chi connectivity index (χ4v) is 1.53. The fraction of sp³-hybridized carbons (Fsp3) is 0.333. The Morgan fingerprint density at radius 1 is 1.25 bits per heavy atom. The average Bonchev–Trinajstić information content (AvgIpc) is 2.37. The Morgan fingerprint density at radius 3 is 2.35 bits per heavy atom. The third-order valence-electron chi connectivity index (χ3n) is 2.60. The number of esters is 1. The van der Waals surface area contributed by atoms with E-state index >= 15 is 0 Å². The quantitative estimate of drug-likeness (QED) is 0.687. The smallest absolute Gasteiger partial charge is 0.338 e. The molecule has 1 rings (SSSR count). The first-order chi connectivity index (χ1) is 9.27. The lowest BCUT2D eigenvalue weighted by Gasteiger charge is -2.18. The minimum atomic E-state index is -1.90. The molecular weight excluding hydrogens is 278 g/mol. The summed E-state index contributed by atoms with van der Waals surface area (Å²) in [6.07, 6.45) is -4.24. The minimum absolute atomic E-state index is 0.285. The van der Waals surface area contributed by atoms with Crippen LogP contribution >= 0.6 is 0 Å². The highest BCUT2D eigenvalue weighted by Crippen LogP contribution is 2.25. The zero-order chi connectivity index (χ0) is 15.4. The van der Waals surface area contributed by atoms with Gasteiger partial charge in [-0.15, -0.1) is 0 Å². The largest absolute Gasteiger partial charge is 0.478 e. The van der Waals surface area contributed by atoms with E-state index in [2.05, 4.69) is 4.74 Å². The van der Waals surface area contributed by atoms with Gasteiger partial charge in [-0.25, -0.2) is 13.6 Å². The summed E-state index contributed by atoms with van der Waals surface area (Å²) in [7, 11) is 1.06. The predicted molar refractivity (Wildman–Crippen MR) is 60.9 cm³/mol. The number of carbonyl (C=O) groups is 2. The first-order valence-electron chi connectivity index (χ1n) is 5.43. The molecule has 0 bridgehead atoms. The third kappa shape index (κ3) is 3.49. The summed E-state index contributed by atoms with van der Waals surface area (Å²) >= 11 is 0. The lowest BCUT2D eigenvalue weighted by Crippen LogP contribution is -2.24. The molecule has 8 heteroatoms. The molecule has 0 aliphatic carbocycles. The number of benzene rings is 1. The summed E-state index contributed by atoms with van der Waals surface area (Å²) in [5.74, 6) is -5.05. The molecule has 1 aromatic carbocycles. The summed E-state index contributed by atoms with van der Waals surface area (Å²) in [6, 6.07) is 0.852. The molecule has 0 aromatic heterocycles. The van der Waals surface area contributed by atoms with Crippen molar-refractivity contribution in [2.24, 2.45) is 0 Å². The van der Waals surface area contributed by atoms with Gasteiger partial charge in [-0.05, 0) is 6.07 Å². The van der Waals surface area contributed by atoms with Gasteiger partial charge in [-0.2, -0.15) is 0 Å². The van der Waals surface area contributed by atoms with Crippen LogP contribution in [-0.2, 0) is 9.53 Å². The van der Waals surface area contributed by atoms with E-state index in [1.807, 2.05) is 0 Å². The molecule has 3 N–H and O–H groups in total. The molecule has 6 nitrogen and oxygen atoms in total. The molecule has 0 amide bonds. The van der Waals surface area contributed by atoms with Crippen molar-refractivity contribution in [3.63, 3.8) is 0 Å². The molecule has 0 spiro atoms. The highest BCUT2D eigenvalue weighted by Gasteiger charge is 2.26. The molecule has 0 saturated carbocycles. The van der Waals surface area contributed by atoms with E-state index in [0.717, 1.165) is 7.11 Å². The van der Waals surface area contributed by atoms with Crippen molar-refractivity contribution in [2.75, 3.05) is 7.11 Å². The maximum absolute atomic E-state index is 13.5. The number of aliphatic hydroxyl groups is 2. The standard InChI is InChI=1S/C12H12F2O6/c1-20-10(16)4-9(15)11(17)5-2-6(12(18)19)8(14)3-7(5)13/h2-3,9,11,15,17H,4H2,1H3,(H,18,19). The van der Waals surface area contributed by atoms with Gasteiger partial charge in [0.15, 0.2) is 0 Å². The number of carboxylic acids is 1. The number of ether oxygens (including phenoxy) is 1. The molecule has 2 unspecified atom stereocenters. The zero-order valence-corrected chi connectivity index (χ0v) is 10.3. The van der Waals surface area contributed by atoms with E-state index in [4.69, 9.17) is 5.11 Å². The van der Waals surface area contributed by atoms with Gasteiger partial charge in [-0.1, -0.05) is 0 Å². The normalized spacial score (nSPS) is 13.7. The summed E-state index contributed by atoms with van der Waals surface area (Å²) in [5.41, 5.74) is -1.48. The Bertz CT molecular complexity index is 531. The van der Waals surface area contributed by atoms with Crippen LogP contribution in [0, 0.1) is 11.6 Å². The van der Waals surface area contributed by atoms with Crippen LogP contribution in [-0.4, -0.2) is 40.5 Å². The third-order valence-corrected chi connectivity index (χ3v) is 2.60. The number of carboxylic acid groups (broad SMARTS) is 1. The topological polar surface area (TPSA) is 104 Å². The van der Waals surface area contributed by atoms with Crippen molar-refractivity contribution >= 4 is 11.9 Å². The lowest BCUT2D eigenvalue weighted by atomic mass is 9.99. The van der Waals surface area contributed by atoms with E-state index in [1.54, 1.807) is 0 Å². The van der Waals surface area contributed by atoms with Gasteiger partial charge in [0.2, 0.25) is 0 Å². The van der Waals surface area contributed by atoms with Crippen molar-refractivity contribution in [3.05, 3.63) is 34.9 Å². The first-order valence-corrected chi connectivity index (χ1v) is 5.43. The molecule has 0 heterocycles. The number of carbonyl (C=O) groups excluding carboxylic acids is 1. The van der Waals surface area contributed by atoms with Crippen LogP contribution in [0.3, 0.4) is 0 Å². The van der Waals surface area contributed by atoms with Crippen LogP contribution in [0.5, 0.6) is 0 Å². The number of aliphatic hydroxyl groups excluding tert-OH is 2. The molecule has 110 valence electrons. The Balaban J connectivity index is 3.09. The van der Waals surface area contributed by atoms with Crippen molar-refractivity contribution in [3.8, 4) is 0 Å². The summed E-state index contributed by atoms with van der Waals surface area (Å²) in [4.78, 5) is 21.7. The Kier molecular flexibility index (Phi) is 5.12. The molecule has 1 aromatic rings. The van der Waals surface area contributed by atoms with E-state index in [-0.39, 0.29) is 6.07 Å². The second-order valence-electron chi connectivity index (χ2n) is 3.95. The number of aromatic carboxylic acids is 1. The van der Waals surface area contributed by atoms with Gasteiger partial charge in [0.25, 0.3) is 0 Å². The Labute approximate surface area is 112 Å². The summed E-state index contributed by atoms with van der Waals surface area (Å²) in [5, 5.41) is 27.9. The van der Waals surface area contributed by atoms with Gasteiger partial charge in [0.1, 0.15) is 17.7 Å². The second kappa shape index (κ2) is 6.40. The highest BCUT2D eigenvalue weighted by atomic mass is 19.1. The van der Waals surface area contributed by atoms with Crippen molar-refractivity contribution < 1.29 is 38.4 Å². The summed E-state index contributed by atoms with van der Waals surface area (Å²) < 4.78 is 30.9. The fourth-order valence-electron chi connectivity index (χ4n) is 1.53. The number of rotatable bonds is 5. The number of methoxy groups -OCH3 is 1. The monoisotopic (exact) mass is 290 g/mol. The Morgan fingerprint density at radius 2 is 1.85 bits per heavy atom. The molecule has 0 aliphatic heterocycles. The van der Waals surface area contributed by atoms with Gasteiger partial charge in [-0.3, -0.25) is 4.79 Å². The number of halogens is 2. The molecule has 0 saturated heterocycles. The van der Waals surface area contributed by atoms with E-state index in [0.29, 0.717) is 6.07 Å². The van der Waals surface area contributed by atoms with Crippen LogP contribution in [0.25, 0.3) is 0 Å². The summed E-state index contributed by atoms with van der Waals surface area (Å²) in [6.45, 7) is 0. The molecule has 2 atom stereocenters. The van der Waals surface area contributed by atoms with Crippen LogP contribution in [0.1, 0.15) is 28.4 Å². The maximum Gasteiger partial charge on any atom is 0.338 e. The molecule has 0 radical (unpaired) electrons. The van der Waals surface area contributed by atoms with Crippen LogP contribution in [0.2, 0.25) is 0 Å². The average molecular weight is 290 g/mol. The predicted octanol–water partition coefficient (Wildman–Crippen LogP) is 0.620. The van der Waals surface area contributed by atoms with Crippen molar-refractivity contribution in [1.29, 1.82) is 0 Å². The molecule has 0 aliphatic rings. The molecule has 0 fully saturated rings. The molecular formula is C12H12F2O6. The number of hydrogen-bond acceptors (Lipinski definition) is 5. The van der Waals surface area contributed by atoms with Gasteiger partial charge in [0.05, 0.1) is 25.2 Å². The van der Waals surface area contributed by atoms with Gasteiger partial charge in [0, 0.05) is 11.6 Å². The lowest BCUT2D eigenvalue weighted by molar-refractivity contribution is -0.144. The maximum atomic E-state index is 13.5. The zero-order valence-electron chi connectivity index (χ0n) is 10.3.